The summed E-state index contributed by atoms with van der Waals surface area (Å²) in [6, 6.07) is 7.20. The van der Waals surface area contributed by atoms with Crippen molar-refractivity contribution in [1.29, 1.82) is 5.26 Å². The van der Waals surface area contributed by atoms with E-state index in [1.54, 1.807) is 0 Å². The fourth-order valence-corrected chi connectivity index (χ4v) is 4.08. The van der Waals surface area contributed by atoms with Gasteiger partial charge in [-0.1, -0.05) is 19.6 Å². The smallest absolute Gasteiger partial charge is 0.137 e. The molecule has 5 nitrogen and oxygen atoms in total. The van der Waals surface area contributed by atoms with Gasteiger partial charge in [0.25, 0.3) is 0 Å². The normalized spacial score (nSPS) is 19.4. The lowest BCUT2D eigenvalue weighted by molar-refractivity contribution is 0.129. The number of hydrogen-bond acceptors (Lipinski definition) is 5. The predicted octanol–water partition coefficient (Wildman–Crippen LogP) is 4.64. The van der Waals surface area contributed by atoms with Crippen LogP contribution in [0, 0.1) is 17.2 Å². The zero-order valence-electron chi connectivity index (χ0n) is 17.3. The Balaban J connectivity index is 1.80. The summed E-state index contributed by atoms with van der Waals surface area (Å²) < 4.78 is 12.0. The van der Waals surface area contributed by atoms with Crippen molar-refractivity contribution in [2.24, 2.45) is 10.9 Å². The number of nitriles is 1. The summed E-state index contributed by atoms with van der Waals surface area (Å²) in [5.41, 5.74) is 3.12. The number of fused-ring (bicyclic) bond motifs is 1. The molecule has 1 heterocycles. The van der Waals surface area contributed by atoms with Crippen molar-refractivity contribution in [1.82, 2.24) is 0 Å². The predicted molar refractivity (Wildman–Crippen MR) is 115 cm³/mol. The van der Waals surface area contributed by atoms with Crippen molar-refractivity contribution >= 4 is 19.5 Å². The molecule has 1 unspecified atom stereocenters. The van der Waals surface area contributed by atoms with Crippen molar-refractivity contribution in [3.8, 4) is 11.8 Å². The Morgan fingerprint density at radius 2 is 2.00 bits per heavy atom. The molecule has 6 heteroatoms. The summed E-state index contributed by atoms with van der Waals surface area (Å²) in [5, 5.41) is 19.2. The Kier molecular flexibility index (Phi) is 6.92. The van der Waals surface area contributed by atoms with E-state index in [2.05, 4.69) is 30.7 Å². The minimum atomic E-state index is -1.12. The summed E-state index contributed by atoms with van der Waals surface area (Å²) in [7, 11) is -1.12. The highest BCUT2D eigenvalue weighted by Crippen LogP contribution is 2.39. The van der Waals surface area contributed by atoms with Gasteiger partial charge in [-0.2, -0.15) is 5.26 Å². The van der Waals surface area contributed by atoms with Crippen LogP contribution in [0.1, 0.15) is 42.7 Å². The largest absolute Gasteiger partial charge is 0.492 e. The first kappa shape index (κ1) is 21.0. The number of aliphatic hydroxyl groups excluding tert-OH is 1. The van der Waals surface area contributed by atoms with E-state index in [9.17, 15) is 10.4 Å². The summed E-state index contributed by atoms with van der Waals surface area (Å²) in [4.78, 5) is 4.64. The molecule has 3 rings (SSSR count). The molecule has 1 atom stereocenters. The summed E-state index contributed by atoms with van der Waals surface area (Å²) in [5.74, 6) is 1.48. The summed E-state index contributed by atoms with van der Waals surface area (Å²) in [6.07, 6.45) is 4.05. The average molecular weight is 401 g/mol. The van der Waals surface area contributed by atoms with Crippen LogP contribution in [-0.4, -0.2) is 45.3 Å². The standard InChI is InChI=1S/C22H32N2O3Si/c1-28(2,3)9-8-26-15-17-6-7-19(13-25)24-21-10-18(12-23)22(11-20(17)21)27-14-16-4-5-16/h10-11,16-17,25H,4-9,13-15H2,1-3H3. The third-order valence-electron chi connectivity index (χ3n) is 5.42. The molecule has 0 spiro atoms. The van der Waals surface area contributed by atoms with Gasteiger partial charge >= 0.3 is 0 Å². The molecule has 0 radical (unpaired) electrons. The fourth-order valence-electron chi connectivity index (χ4n) is 3.32. The second-order valence-electron chi connectivity index (χ2n) is 9.23. The van der Waals surface area contributed by atoms with Crippen molar-refractivity contribution in [3.05, 3.63) is 23.3 Å². The van der Waals surface area contributed by atoms with Gasteiger partial charge < -0.3 is 14.6 Å². The van der Waals surface area contributed by atoms with E-state index in [0.717, 1.165) is 42.5 Å². The van der Waals surface area contributed by atoms with Crippen LogP contribution in [-0.2, 0) is 4.74 Å². The maximum atomic E-state index is 9.62. The van der Waals surface area contributed by atoms with Crippen LogP contribution >= 0.6 is 0 Å². The van der Waals surface area contributed by atoms with Gasteiger partial charge in [0.05, 0.1) is 31.1 Å². The molecule has 1 N–H and O–H groups in total. The van der Waals surface area contributed by atoms with Crippen molar-refractivity contribution in [2.45, 2.75) is 57.3 Å². The van der Waals surface area contributed by atoms with E-state index in [0.29, 0.717) is 30.4 Å². The van der Waals surface area contributed by atoms with Crippen LogP contribution in [0.25, 0.3) is 0 Å². The van der Waals surface area contributed by atoms with E-state index in [4.69, 9.17) is 9.47 Å². The molecule has 0 aromatic heterocycles. The highest BCUT2D eigenvalue weighted by atomic mass is 28.3. The maximum absolute atomic E-state index is 9.62. The lowest BCUT2D eigenvalue weighted by Crippen LogP contribution is -2.22. The molecule has 0 saturated heterocycles. The van der Waals surface area contributed by atoms with E-state index in [1.165, 1.54) is 12.8 Å². The second-order valence-corrected chi connectivity index (χ2v) is 14.9. The van der Waals surface area contributed by atoms with Crippen molar-refractivity contribution in [3.63, 3.8) is 0 Å². The monoisotopic (exact) mass is 400 g/mol. The lowest BCUT2D eigenvalue weighted by atomic mass is 9.92. The molecule has 2 aliphatic rings. The average Bonchev–Trinajstić information content (AvgIpc) is 3.49. The quantitative estimate of drug-likeness (QED) is 0.484. The number of hydrogen-bond donors (Lipinski definition) is 1. The molecule has 1 saturated carbocycles. The molecule has 28 heavy (non-hydrogen) atoms. The van der Waals surface area contributed by atoms with Crippen molar-refractivity contribution < 1.29 is 14.6 Å². The number of ether oxygens (including phenoxy) is 2. The molecule has 0 amide bonds. The Hall–Kier alpha value is -1.68. The fraction of sp³-hybridized carbons (Fsp3) is 0.636. The lowest BCUT2D eigenvalue weighted by Gasteiger charge is -2.21. The molecular formula is C22H32N2O3Si. The zero-order chi connectivity index (χ0) is 20.1. The van der Waals surface area contributed by atoms with Crippen LogP contribution < -0.4 is 4.74 Å². The van der Waals surface area contributed by atoms with Gasteiger partial charge in [-0.15, -0.1) is 0 Å². The minimum Gasteiger partial charge on any atom is -0.492 e. The van der Waals surface area contributed by atoms with E-state index >= 15 is 0 Å². The number of aliphatic imine (C=N–C) groups is 1. The van der Waals surface area contributed by atoms with Crippen LogP contribution in [0.3, 0.4) is 0 Å². The van der Waals surface area contributed by atoms with Crippen LogP contribution in [0.4, 0.5) is 5.69 Å². The van der Waals surface area contributed by atoms with Gasteiger partial charge in [0.1, 0.15) is 11.8 Å². The van der Waals surface area contributed by atoms with Gasteiger partial charge in [0, 0.05) is 26.3 Å². The van der Waals surface area contributed by atoms with E-state index in [1.807, 2.05) is 12.1 Å². The number of aliphatic hydroxyl groups is 1. The summed E-state index contributed by atoms with van der Waals surface area (Å²) >= 11 is 0. The molecule has 1 fully saturated rings. The van der Waals surface area contributed by atoms with Crippen molar-refractivity contribution in [2.75, 3.05) is 26.4 Å². The maximum Gasteiger partial charge on any atom is 0.137 e. The minimum absolute atomic E-state index is 0.0511. The molecular weight excluding hydrogens is 368 g/mol. The van der Waals surface area contributed by atoms with Gasteiger partial charge in [-0.25, -0.2) is 0 Å². The van der Waals surface area contributed by atoms with E-state index < -0.39 is 8.07 Å². The topological polar surface area (TPSA) is 74.8 Å². The van der Waals surface area contributed by atoms with Gasteiger partial charge in [0.15, 0.2) is 0 Å². The van der Waals surface area contributed by atoms with Gasteiger partial charge in [0.2, 0.25) is 0 Å². The Labute approximate surface area is 169 Å². The highest BCUT2D eigenvalue weighted by Gasteiger charge is 2.26. The summed E-state index contributed by atoms with van der Waals surface area (Å²) in [6.45, 7) is 9.11. The first-order valence-corrected chi connectivity index (χ1v) is 14.1. The van der Waals surface area contributed by atoms with Crippen LogP contribution in [0.5, 0.6) is 5.75 Å². The Morgan fingerprint density at radius 1 is 1.21 bits per heavy atom. The second kappa shape index (κ2) is 9.21. The molecule has 1 aromatic carbocycles. The van der Waals surface area contributed by atoms with Crippen LogP contribution in [0.15, 0.2) is 17.1 Å². The Bertz CT molecular complexity index is 760. The zero-order valence-corrected chi connectivity index (χ0v) is 18.3. The molecule has 1 aromatic rings. The molecule has 1 aliphatic carbocycles. The SMILES string of the molecule is C[Si](C)(C)CCOCC1CCC(CO)=Nc2cc(C#N)c(OCC3CC3)cc21. The van der Waals surface area contributed by atoms with Gasteiger partial charge in [-0.05, 0) is 55.3 Å². The first-order chi connectivity index (χ1) is 13.4. The number of benzene rings is 1. The molecule has 0 bridgehead atoms. The van der Waals surface area contributed by atoms with Crippen LogP contribution in [0.2, 0.25) is 25.7 Å². The molecule has 152 valence electrons. The van der Waals surface area contributed by atoms with E-state index in [-0.39, 0.29) is 12.5 Å². The first-order valence-electron chi connectivity index (χ1n) is 10.4. The molecule has 1 aliphatic heterocycles. The number of nitrogens with zero attached hydrogens (tertiary/aromatic N) is 2. The third kappa shape index (κ3) is 5.90. The third-order valence-corrected chi connectivity index (χ3v) is 7.12. The highest BCUT2D eigenvalue weighted by molar-refractivity contribution is 6.76. The number of rotatable bonds is 9. The Morgan fingerprint density at radius 3 is 2.64 bits per heavy atom. The van der Waals surface area contributed by atoms with Gasteiger partial charge in [-0.3, -0.25) is 4.99 Å².